The highest BCUT2D eigenvalue weighted by Gasteiger charge is 2.32. The van der Waals surface area contributed by atoms with Crippen LogP contribution in [0.5, 0.6) is 0 Å². The first-order valence-corrected chi connectivity index (χ1v) is 10.8. The second kappa shape index (κ2) is 14.2. The molecule has 0 rings (SSSR count). The maximum atomic E-state index is 12.7. The van der Waals surface area contributed by atoms with E-state index in [0.717, 1.165) is 0 Å². The van der Waals surface area contributed by atoms with Crippen LogP contribution >= 0.6 is 11.8 Å². The quantitative estimate of drug-likeness (QED) is 0.114. The van der Waals surface area contributed by atoms with Crippen molar-refractivity contribution in [2.45, 2.75) is 56.5 Å². The molecule has 10 N–H and O–H groups in total. The number of hydrogen-bond acceptors (Lipinski definition) is 9. The molecule has 0 fully saturated rings. The van der Waals surface area contributed by atoms with Crippen LogP contribution in [-0.2, 0) is 28.8 Å². The fourth-order valence-electron chi connectivity index (χ4n) is 2.32. The molecular weight excluding hydrogens is 450 g/mol. The molecule has 4 amide bonds. The lowest BCUT2D eigenvalue weighted by atomic mass is 10.1. The van der Waals surface area contributed by atoms with E-state index in [4.69, 9.17) is 21.7 Å². The van der Waals surface area contributed by atoms with Gasteiger partial charge >= 0.3 is 11.9 Å². The van der Waals surface area contributed by atoms with E-state index in [1.54, 1.807) is 6.26 Å². The lowest BCUT2D eigenvalue weighted by Gasteiger charge is -2.24. The highest BCUT2D eigenvalue weighted by atomic mass is 32.2. The Labute approximate surface area is 187 Å². The summed E-state index contributed by atoms with van der Waals surface area (Å²) in [6.45, 7) is 1.28. The Morgan fingerprint density at radius 1 is 0.875 bits per heavy atom. The summed E-state index contributed by atoms with van der Waals surface area (Å²) in [5, 5.41) is 34.0. The van der Waals surface area contributed by atoms with E-state index in [1.807, 2.05) is 5.32 Å². The number of carbonyl (C=O) groups is 6. The third-order valence-electron chi connectivity index (χ3n) is 4.10. The molecule has 0 radical (unpaired) electrons. The lowest BCUT2D eigenvalue weighted by molar-refractivity contribution is -0.144. The predicted molar refractivity (Wildman–Crippen MR) is 112 cm³/mol. The molecule has 0 aromatic rings. The van der Waals surface area contributed by atoms with Crippen LogP contribution in [0.25, 0.3) is 0 Å². The van der Waals surface area contributed by atoms with Gasteiger partial charge in [0.05, 0.1) is 18.9 Å². The second-order valence-electron chi connectivity index (χ2n) is 6.84. The fourth-order valence-corrected chi connectivity index (χ4v) is 2.79. The number of aliphatic hydroxyl groups is 1. The Morgan fingerprint density at radius 2 is 1.38 bits per heavy atom. The number of primary amides is 1. The summed E-state index contributed by atoms with van der Waals surface area (Å²) < 4.78 is 0. The Bertz CT molecular complexity index is 719. The number of hydrogen-bond donors (Lipinski definition) is 8. The standard InChI is InChI=1S/C17H29N5O9S/c1-7(23)13(19)16(29)20-8(3-4-32-2)14(27)21-9(6-12(25)26)15(28)22-10(17(30)31)5-11(18)24/h7-10,13,23H,3-6,19H2,1-2H3,(H2,18,24)(H,20,29)(H,21,27)(H,22,28)(H,25,26)(H,30,31). The number of rotatable bonds is 15. The van der Waals surface area contributed by atoms with Crippen molar-refractivity contribution in [3.63, 3.8) is 0 Å². The van der Waals surface area contributed by atoms with Crippen LogP contribution in [0.4, 0.5) is 0 Å². The molecule has 5 unspecified atom stereocenters. The monoisotopic (exact) mass is 479 g/mol. The van der Waals surface area contributed by atoms with Crippen molar-refractivity contribution in [3.8, 4) is 0 Å². The number of nitrogens with one attached hydrogen (secondary N) is 3. The van der Waals surface area contributed by atoms with Crippen LogP contribution in [0, 0.1) is 0 Å². The topological polar surface area (TPSA) is 251 Å². The van der Waals surface area contributed by atoms with Crippen molar-refractivity contribution in [1.29, 1.82) is 0 Å². The first-order chi connectivity index (χ1) is 14.8. The molecule has 0 aliphatic heterocycles. The van der Waals surface area contributed by atoms with E-state index in [-0.39, 0.29) is 6.42 Å². The number of carboxylic acids is 2. The number of thioether (sulfide) groups is 1. The molecule has 182 valence electrons. The number of aliphatic hydroxyl groups excluding tert-OH is 1. The predicted octanol–water partition coefficient (Wildman–Crippen LogP) is -3.66. The van der Waals surface area contributed by atoms with E-state index >= 15 is 0 Å². The smallest absolute Gasteiger partial charge is 0.326 e. The molecule has 5 atom stereocenters. The number of aliphatic carboxylic acids is 2. The molecule has 14 nitrogen and oxygen atoms in total. The minimum absolute atomic E-state index is 0.0894. The van der Waals surface area contributed by atoms with Gasteiger partial charge in [-0.2, -0.15) is 11.8 Å². The van der Waals surface area contributed by atoms with E-state index in [1.165, 1.54) is 18.7 Å². The summed E-state index contributed by atoms with van der Waals surface area (Å²) in [6.07, 6.45) is -1.03. The zero-order valence-electron chi connectivity index (χ0n) is 17.6. The van der Waals surface area contributed by atoms with Gasteiger partial charge in [0.25, 0.3) is 0 Å². The zero-order chi connectivity index (χ0) is 25.0. The summed E-state index contributed by atoms with van der Waals surface area (Å²) >= 11 is 1.35. The molecular formula is C17H29N5O9S. The number of amides is 4. The van der Waals surface area contributed by atoms with Crippen LogP contribution in [0.1, 0.15) is 26.2 Å². The maximum Gasteiger partial charge on any atom is 0.326 e. The number of carboxylic acid groups (broad SMARTS) is 2. The van der Waals surface area contributed by atoms with Gasteiger partial charge in [-0.05, 0) is 25.4 Å². The molecule has 0 heterocycles. The third-order valence-corrected chi connectivity index (χ3v) is 4.74. The van der Waals surface area contributed by atoms with Gasteiger partial charge in [0.15, 0.2) is 0 Å². The maximum absolute atomic E-state index is 12.7. The molecule has 0 saturated carbocycles. The normalized spacial score (nSPS) is 15.4. The van der Waals surface area contributed by atoms with Gasteiger partial charge in [-0.15, -0.1) is 0 Å². The molecule has 0 aromatic heterocycles. The minimum atomic E-state index is -1.73. The van der Waals surface area contributed by atoms with Gasteiger partial charge in [0.1, 0.15) is 24.2 Å². The van der Waals surface area contributed by atoms with Crippen LogP contribution in [0.2, 0.25) is 0 Å². The largest absolute Gasteiger partial charge is 0.481 e. The van der Waals surface area contributed by atoms with Gasteiger partial charge in [0.2, 0.25) is 23.6 Å². The van der Waals surface area contributed by atoms with Crippen LogP contribution in [0.15, 0.2) is 0 Å². The van der Waals surface area contributed by atoms with Gasteiger partial charge in [-0.3, -0.25) is 24.0 Å². The Morgan fingerprint density at radius 3 is 1.81 bits per heavy atom. The van der Waals surface area contributed by atoms with Gasteiger partial charge in [-0.1, -0.05) is 0 Å². The molecule has 0 aromatic carbocycles. The molecule has 15 heteroatoms. The van der Waals surface area contributed by atoms with Crippen molar-refractivity contribution in [2.75, 3.05) is 12.0 Å². The summed E-state index contributed by atoms with van der Waals surface area (Å²) in [5.41, 5.74) is 10.5. The van der Waals surface area contributed by atoms with E-state index in [9.17, 15) is 33.9 Å². The molecule has 0 saturated heterocycles. The summed E-state index contributed by atoms with van der Waals surface area (Å²) in [4.78, 5) is 70.5. The minimum Gasteiger partial charge on any atom is -0.481 e. The summed E-state index contributed by atoms with van der Waals surface area (Å²) in [7, 11) is 0. The highest BCUT2D eigenvalue weighted by Crippen LogP contribution is 2.05. The zero-order valence-corrected chi connectivity index (χ0v) is 18.4. The second-order valence-corrected chi connectivity index (χ2v) is 7.82. The van der Waals surface area contributed by atoms with E-state index in [0.29, 0.717) is 5.75 Å². The van der Waals surface area contributed by atoms with Crippen molar-refractivity contribution in [2.24, 2.45) is 11.5 Å². The first kappa shape index (κ1) is 29.1. The SMILES string of the molecule is CSCCC(NC(=O)C(N)C(C)O)C(=O)NC(CC(=O)O)C(=O)NC(CC(N)=O)C(=O)O. The molecule has 0 aliphatic rings. The van der Waals surface area contributed by atoms with E-state index < -0.39 is 78.7 Å². The van der Waals surface area contributed by atoms with Crippen molar-refractivity contribution >= 4 is 47.3 Å². The van der Waals surface area contributed by atoms with Gasteiger partial charge < -0.3 is 42.7 Å². The third kappa shape index (κ3) is 10.9. The van der Waals surface area contributed by atoms with Crippen LogP contribution < -0.4 is 27.4 Å². The number of carbonyl (C=O) groups excluding carboxylic acids is 4. The Kier molecular flexibility index (Phi) is 12.9. The molecule has 32 heavy (non-hydrogen) atoms. The molecule has 0 spiro atoms. The highest BCUT2D eigenvalue weighted by molar-refractivity contribution is 7.98. The average molecular weight is 480 g/mol. The first-order valence-electron chi connectivity index (χ1n) is 9.36. The molecule has 0 aliphatic carbocycles. The summed E-state index contributed by atoms with van der Waals surface area (Å²) in [6, 6.07) is -5.99. The summed E-state index contributed by atoms with van der Waals surface area (Å²) in [5.74, 6) is -6.63. The lowest BCUT2D eigenvalue weighted by Crippen LogP contribution is -2.58. The molecule has 0 bridgehead atoms. The number of nitrogens with two attached hydrogens (primary N) is 2. The fraction of sp³-hybridized carbons (Fsp3) is 0.647. The van der Waals surface area contributed by atoms with Crippen molar-refractivity contribution in [1.82, 2.24) is 16.0 Å². The van der Waals surface area contributed by atoms with Crippen molar-refractivity contribution < 1.29 is 44.1 Å². The van der Waals surface area contributed by atoms with Crippen LogP contribution in [0.3, 0.4) is 0 Å². The van der Waals surface area contributed by atoms with Crippen molar-refractivity contribution in [3.05, 3.63) is 0 Å². The van der Waals surface area contributed by atoms with Crippen LogP contribution in [-0.4, -0.2) is 93.2 Å². The Hall–Kier alpha value is -2.91. The average Bonchev–Trinajstić information content (AvgIpc) is 2.68. The Balaban J connectivity index is 5.51. The van der Waals surface area contributed by atoms with Gasteiger partial charge in [-0.25, -0.2) is 4.79 Å². The van der Waals surface area contributed by atoms with Gasteiger partial charge in [0, 0.05) is 0 Å². The van der Waals surface area contributed by atoms with E-state index in [2.05, 4.69) is 10.6 Å².